The van der Waals surface area contributed by atoms with Gasteiger partial charge in [0.2, 0.25) is 0 Å². The summed E-state index contributed by atoms with van der Waals surface area (Å²) in [5.74, 6) is 1.55. The molecule has 2 atom stereocenters. The molecule has 4 nitrogen and oxygen atoms in total. The third-order valence-corrected chi connectivity index (χ3v) is 5.14. The molecule has 1 aliphatic heterocycles. The summed E-state index contributed by atoms with van der Waals surface area (Å²) < 4.78 is 0. The molecule has 0 unspecified atom stereocenters. The van der Waals surface area contributed by atoms with Crippen molar-refractivity contribution in [3.8, 4) is 0 Å². The lowest BCUT2D eigenvalue weighted by Gasteiger charge is -2.33. The van der Waals surface area contributed by atoms with E-state index in [1.807, 2.05) is 19.1 Å². The second kappa shape index (κ2) is 8.49. The van der Waals surface area contributed by atoms with Gasteiger partial charge in [-0.3, -0.25) is 0 Å². The lowest BCUT2D eigenvalue weighted by molar-refractivity contribution is 0.447. The summed E-state index contributed by atoms with van der Waals surface area (Å²) in [7, 11) is 0. The molecule has 0 aliphatic carbocycles. The van der Waals surface area contributed by atoms with Crippen molar-refractivity contribution in [1.82, 2.24) is 10.3 Å². The molecule has 0 radical (unpaired) electrons. The van der Waals surface area contributed by atoms with Crippen molar-refractivity contribution in [1.29, 1.82) is 0 Å². The van der Waals surface area contributed by atoms with Gasteiger partial charge in [0.05, 0.1) is 6.04 Å². The van der Waals surface area contributed by atoms with Gasteiger partial charge in [0.25, 0.3) is 0 Å². The van der Waals surface area contributed by atoms with E-state index in [0.29, 0.717) is 5.11 Å². The standard InChI is InChI=1S/C21H28N4S/c1-15-10-11-22-20(13-15)24-21(26)23-17(3)18-6-8-19(9-7-18)25-12-4-5-16(2)14-25/h6-11,13,16-17H,4-5,12,14H2,1-3H3,(H2,22,23,24,26)/t16-,17-/m0/s1. The Bertz CT molecular complexity index is 744. The first-order valence-electron chi connectivity index (χ1n) is 9.36. The van der Waals surface area contributed by atoms with Gasteiger partial charge in [-0.25, -0.2) is 4.98 Å². The minimum Gasteiger partial charge on any atom is -0.371 e. The van der Waals surface area contributed by atoms with Crippen LogP contribution in [0.3, 0.4) is 0 Å². The van der Waals surface area contributed by atoms with Crippen LogP contribution in [0, 0.1) is 12.8 Å². The van der Waals surface area contributed by atoms with Crippen LogP contribution in [0.15, 0.2) is 42.6 Å². The van der Waals surface area contributed by atoms with Gasteiger partial charge in [0.1, 0.15) is 5.82 Å². The highest BCUT2D eigenvalue weighted by molar-refractivity contribution is 7.80. The third-order valence-electron chi connectivity index (χ3n) is 4.92. The van der Waals surface area contributed by atoms with Gasteiger partial charge in [0.15, 0.2) is 5.11 Å². The number of nitrogens with zero attached hydrogens (tertiary/aromatic N) is 2. The van der Waals surface area contributed by atoms with Crippen LogP contribution in [0.5, 0.6) is 0 Å². The molecule has 2 aromatic rings. The number of piperidine rings is 1. The van der Waals surface area contributed by atoms with Crippen molar-refractivity contribution in [2.45, 2.75) is 39.7 Å². The number of pyridine rings is 1. The van der Waals surface area contributed by atoms with Crippen LogP contribution in [0.2, 0.25) is 0 Å². The largest absolute Gasteiger partial charge is 0.371 e. The molecule has 1 saturated heterocycles. The van der Waals surface area contributed by atoms with Crippen molar-refractivity contribution in [3.63, 3.8) is 0 Å². The van der Waals surface area contributed by atoms with E-state index in [1.54, 1.807) is 6.20 Å². The Hall–Kier alpha value is -2.14. The Kier molecular flexibility index (Phi) is 6.09. The lowest BCUT2D eigenvalue weighted by atomic mass is 9.99. The van der Waals surface area contributed by atoms with Gasteiger partial charge < -0.3 is 15.5 Å². The van der Waals surface area contributed by atoms with Crippen molar-refractivity contribution < 1.29 is 0 Å². The van der Waals surface area contributed by atoms with Crippen LogP contribution in [0.25, 0.3) is 0 Å². The van der Waals surface area contributed by atoms with E-state index in [2.05, 4.69) is 58.6 Å². The number of rotatable bonds is 4. The highest BCUT2D eigenvalue weighted by Crippen LogP contribution is 2.24. The molecule has 2 N–H and O–H groups in total. The summed E-state index contributed by atoms with van der Waals surface area (Å²) in [6.07, 6.45) is 4.41. The quantitative estimate of drug-likeness (QED) is 0.767. The minimum atomic E-state index is 0.133. The fourth-order valence-electron chi connectivity index (χ4n) is 3.43. The number of nitrogens with one attached hydrogen (secondary N) is 2. The molecule has 0 bridgehead atoms. The van der Waals surface area contributed by atoms with Gasteiger partial charge in [-0.15, -0.1) is 0 Å². The minimum absolute atomic E-state index is 0.133. The second-order valence-electron chi connectivity index (χ2n) is 7.32. The van der Waals surface area contributed by atoms with Crippen LogP contribution >= 0.6 is 12.2 Å². The summed E-state index contributed by atoms with van der Waals surface area (Å²) in [6.45, 7) is 8.81. The Morgan fingerprint density at radius 1 is 1.27 bits per heavy atom. The maximum Gasteiger partial charge on any atom is 0.172 e. The number of aryl methyl sites for hydroxylation is 1. The molecule has 0 amide bonds. The predicted molar refractivity (Wildman–Crippen MR) is 114 cm³/mol. The van der Waals surface area contributed by atoms with Gasteiger partial charge in [-0.1, -0.05) is 19.1 Å². The van der Waals surface area contributed by atoms with E-state index < -0.39 is 0 Å². The third kappa shape index (κ3) is 4.94. The average Bonchev–Trinajstić information content (AvgIpc) is 2.61. The van der Waals surface area contributed by atoms with Crippen molar-refractivity contribution in [2.75, 3.05) is 23.3 Å². The van der Waals surface area contributed by atoms with Gasteiger partial charge in [0, 0.05) is 25.0 Å². The van der Waals surface area contributed by atoms with Crippen molar-refractivity contribution >= 4 is 28.8 Å². The molecule has 2 heterocycles. The van der Waals surface area contributed by atoms with Gasteiger partial charge in [-0.05, 0) is 80.2 Å². The normalized spacial score (nSPS) is 18.3. The Morgan fingerprint density at radius 3 is 2.73 bits per heavy atom. The fourth-order valence-corrected chi connectivity index (χ4v) is 3.72. The van der Waals surface area contributed by atoms with E-state index in [0.717, 1.165) is 30.4 Å². The van der Waals surface area contributed by atoms with Crippen LogP contribution in [0.1, 0.15) is 43.9 Å². The predicted octanol–water partition coefficient (Wildman–Crippen LogP) is 4.67. The molecule has 1 aromatic carbocycles. The van der Waals surface area contributed by atoms with Crippen molar-refractivity contribution in [2.24, 2.45) is 5.92 Å². The Morgan fingerprint density at radius 2 is 2.04 bits per heavy atom. The summed E-state index contributed by atoms with van der Waals surface area (Å²) in [5, 5.41) is 7.08. The number of hydrogen-bond donors (Lipinski definition) is 2. The van der Waals surface area contributed by atoms with Crippen LogP contribution in [0.4, 0.5) is 11.5 Å². The zero-order valence-corrected chi connectivity index (χ0v) is 16.6. The molecule has 138 valence electrons. The van der Waals surface area contributed by atoms with Crippen LogP contribution in [-0.2, 0) is 0 Å². The molecule has 1 fully saturated rings. The Balaban J connectivity index is 1.57. The van der Waals surface area contributed by atoms with E-state index in [9.17, 15) is 0 Å². The SMILES string of the molecule is Cc1ccnc(NC(=S)N[C@@H](C)c2ccc(N3CCC[C@H](C)C3)cc2)c1. The molecule has 26 heavy (non-hydrogen) atoms. The topological polar surface area (TPSA) is 40.2 Å². The number of hydrogen-bond acceptors (Lipinski definition) is 3. The molecule has 5 heteroatoms. The van der Waals surface area contributed by atoms with E-state index in [-0.39, 0.29) is 6.04 Å². The molecule has 0 saturated carbocycles. The number of benzene rings is 1. The van der Waals surface area contributed by atoms with E-state index in [4.69, 9.17) is 12.2 Å². The van der Waals surface area contributed by atoms with E-state index in [1.165, 1.54) is 24.1 Å². The number of aromatic nitrogens is 1. The second-order valence-corrected chi connectivity index (χ2v) is 7.73. The maximum absolute atomic E-state index is 5.43. The van der Waals surface area contributed by atoms with Crippen LogP contribution < -0.4 is 15.5 Å². The number of thiocarbonyl (C=S) groups is 1. The van der Waals surface area contributed by atoms with Crippen LogP contribution in [-0.4, -0.2) is 23.2 Å². The summed E-state index contributed by atoms with van der Waals surface area (Å²) >= 11 is 5.43. The average molecular weight is 369 g/mol. The number of anilines is 2. The van der Waals surface area contributed by atoms with E-state index >= 15 is 0 Å². The lowest BCUT2D eigenvalue weighted by Crippen LogP contribution is -2.34. The highest BCUT2D eigenvalue weighted by Gasteiger charge is 2.17. The first-order valence-corrected chi connectivity index (χ1v) is 9.77. The zero-order chi connectivity index (χ0) is 18.5. The molecular formula is C21H28N4S. The Labute approximate surface area is 162 Å². The molecule has 0 spiro atoms. The summed E-state index contributed by atoms with van der Waals surface area (Å²) in [4.78, 5) is 6.78. The van der Waals surface area contributed by atoms with Crippen molar-refractivity contribution in [3.05, 3.63) is 53.7 Å². The fraction of sp³-hybridized carbons (Fsp3) is 0.429. The molecular weight excluding hydrogens is 340 g/mol. The summed E-state index contributed by atoms with van der Waals surface area (Å²) in [5.41, 5.74) is 3.69. The maximum atomic E-state index is 5.43. The first kappa shape index (κ1) is 18.6. The molecule has 3 rings (SSSR count). The zero-order valence-electron chi connectivity index (χ0n) is 15.8. The molecule has 1 aliphatic rings. The van der Waals surface area contributed by atoms with Gasteiger partial charge in [-0.2, -0.15) is 0 Å². The monoisotopic (exact) mass is 368 g/mol. The first-order chi connectivity index (χ1) is 12.5. The molecule has 1 aromatic heterocycles. The smallest absolute Gasteiger partial charge is 0.172 e. The summed E-state index contributed by atoms with van der Waals surface area (Å²) in [6, 6.07) is 12.9. The highest BCUT2D eigenvalue weighted by atomic mass is 32.1. The van der Waals surface area contributed by atoms with Gasteiger partial charge >= 0.3 is 0 Å².